The molecule has 0 saturated carbocycles. The Morgan fingerprint density at radius 2 is 1.90 bits per heavy atom. The Morgan fingerprint density at radius 1 is 1.17 bits per heavy atom. The van der Waals surface area contributed by atoms with Crippen LogP contribution in [0.25, 0.3) is 11.0 Å². The molecular formula is C19H20FN7O2. The maximum Gasteiger partial charge on any atom is 0.254 e. The van der Waals surface area contributed by atoms with E-state index in [0.29, 0.717) is 54.5 Å². The number of H-pyrrole nitrogens is 1. The zero-order valence-corrected chi connectivity index (χ0v) is 15.8. The number of nitrogens with one attached hydrogen (secondary N) is 2. The molecular weight excluding hydrogens is 377 g/mol. The van der Waals surface area contributed by atoms with Gasteiger partial charge in [-0.2, -0.15) is 0 Å². The van der Waals surface area contributed by atoms with Crippen molar-refractivity contribution in [1.82, 2.24) is 20.3 Å². The molecule has 0 spiro atoms. The molecule has 29 heavy (non-hydrogen) atoms. The third kappa shape index (κ3) is 3.44. The number of pyridine rings is 1. The molecule has 0 aliphatic carbocycles. The quantitative estimate of drug-likeness (QED) is 0.601. The molecule has 4 rings (SSSR count). The molecule has 3 heterocycles. The van der Waals surface area contributed by atoms with Gasteiger partial charge >= 0.3 is 0 Å². The van der Waals surface area contributed by atoms with Gasteiger partial charge in [0.05, 0.1) is 16.6 Å². The summed E-state index contributed by atoms with van der Waals surface area (Å²) in [6.07, 6.45) is 1.66. The highest BCUT2D eigenvalue weighted by Gasteiger charge is 2.24. The predicted molar refractivity (Wildman–Crippen MR) is 107 cm³/mol. The summed E-state index contributed by atoms with van der Waals surface area (Å²) >= 11 is 0. The van der Waals surface area contributed by atoms with Gasteiger partial charge in [0, 0.05) is 39.4 Å². The summed E-state index contributed by atoms with van der Waals surface area (Å²) in [4.78, 5) is 39.7. The van der Waals surface area contributed by atoms with Gasteiger partial charge in [0.15, 0.2) is 0 Å². The van der Waals surface area contributed by atoms with E-state index in [9.17, 15) is 14.0 Å². The number of piperazine rings is 1. The van der Waals surface area contributed by atoms with Crippen LogP contribution < -0.4 is 20.9 Å². The van der Waals surface area contributed by atoms with Gasteiger partial charge in [-0.1, -0.05) is 0 Å². The Hall–Kier alpha value is -3.69. The van der Waals surface area contributed by atoms with E-state index in [1.807, 2.05) is 9.80 Å². The summed E-state index contributed by atoms with van der Waals surface area (Å²) in [5.74, 6) is -0.291. The molecule has 3 aromatic rings. The Kier molecular flexibility index (Phi) is 4.75. The predicted octanol–water partition coefficient (Wildman–Crippen LogP) is 0.882. The summed E-state index contributed by atoms with van der Waals surface area (Å²) in [6.45, 7) is 2.46. The standard InChI is InChI=1S/C19H20FN7O2/c1-22-18(29)12-3-2-4-23-17(12)26-5-7-27(8-6-26)19-24-14-10-11(20)9-13(16(21)28)15(14)25-19/h2-4,9-10H,5-8H2,1H3,(H2,21,28)(H,22,29)(H,24,25). The summed E-state index contributed by atoms with van der Waals surface area (Å²) in [6, 6.07) is 5.85. The highest BCUT2D eigenvalue weighted by Crippen LogP contribution is 2.25. The molecule has 9 nitrogen and oxygen atoms in total. The zero-order valence-electron chi connectivity index (χ0n) is 15.8. The van der Waals surface area contributed by atoms with Gasteiger partial charge in [0.2, 0.25) is 5.95 Å². The number of fused-ring (bicyclic) bond motifs is 1. The van der Waals surface area contributed by atoms with Crippen molar-refractivity contribution in [3.8, 4) is 0 Å². The lowest BCUT2D eigenvalue weighted by Gasteiger charge is -2.35. The van der Waals surface area contributed by atoms with Gasteiger partial charge in [-0.25, -0.2) is 14.4 Å². The second-order valence-electron chi connectivity index (χ2n) is 6.70. The van der Waals surface area contributed by atoms with Gasteiger partial charge in [0.25, 0.3) is 11.8 Å². The van der Waals surface area contributed by atoms with Crippen molar-refractivity contribution < 1.29 is 14.0 Å². The lowest BCUT2D eigenvalue weighted by Crippen LogP contribution is -2.47. The average molecular weight is 397 g/mol. The van der Waals surface area contributed by atoms with Gasteiger partial charge in [-0.3, -0.25) is 9.59 Å². The van der Waals surface area contributed by atoms with Gasteiger partial charge < -0.3 is 25.8 Å². The number of halogens is 1. The average Bonchev–Trinajstić information content (AvgIpc) is 3.16. The van der Waals surface area contributed by atoms with Crippen LogP contribution in [0.2, 0.25) is 0 Å². The minimum Gasteiger partial charge on any atom is -0.366 e. The van der Waals surface area contributed by atoms with Crippen LogP contribution in [0.4, 0.5) is 16.2 Å². The van der Waals surface area contributed by atoms with Crippen LogP contribution in [0.1, 0.15) is 20.7 Å². The first-order chi connectivity index (χ1) is 14.0. The monoisotopic (exact) mass is 397 g/mol. The molecule has 2 aromatic heterocycles. The Bertz CT molecular complexity index is 1090. The van der Waals surface area contributed by atoms with E-state index in [1.54, 1.807) is 25.4 Å². The highest BCUT2D eigenvalue weighted by molar-refractivity contribution is 6.04. The number of imidazole rings is 1. The van der Waals surface area contributed by atoms with E-state index in [4.69, 9.17) is 5.73 Å². The fourth-order valence-electron chi connectivity index (χ4n) is 3.50. The number of hydrogen-bond donors (Lipinski definition) is 3. The molecule has 1 fully saturated rings. The lowest BCUT2D eigenvalue weighted by atomic mass is 10.1. The van der Waals surface area contributed by atoms with Crippen molar-refractivity contribution in [2.75, 3.05) is 43.0 Å². The third-order valence-corrected chi connectivity index (χ3v) is 4.94. The summed E-state index contributed by atoms with van der Waals surface area (Å²) < 4.78 is 13.8. The van der Waals surface area contributed by atoms with Crippen molar-refractivity contribution in [1.29, 1.82) is 0 Å². The topological polar surface area (TPSA) is 120 Å². The van der Waals surface area contributed by atoms with Crippen LogP contribution in [-0.4, -0.2) is 60.0 Å². The van der Waals surface area contributed by atoms with Crippen LogP contribution in [0.3, 0.4) is 0 Å². The number of aromatic amines is 1. The second-order valence-corrected chi connectivity index (χ2v) is 6.70. The first-order valence-corrected chi connectivity index (χ1v) is 9.14. The Morgan fingerprint density at radius 3 is 2.59 bits per heavy atom. The van der Waals surface area contributed by atoms with Crippen LogP contribution in [0, 0.1) is 5.82 Å². The number of hydrogen-bond acceptors (Lipinski definition) is 6. The number of nitrogens with two attached hydrogens (primary N) is 1. The van der Waals surface area contributed by atoms with Crippen molar-refractivity contribution >= 4 is 34.6 Å². The molecule has 1 saturated heterocycles. The third-order valence-electron chi connectivity index (χ3n) is 4.94. The van der Waals surface area contributed by atoms with Crippen LogP contribution >= 0.6 is 0 Å². The number of anilines is 2. The first kappa shape index (κ1) is 18.7. The minimum atomic E-state index is -0.728. The van der Waals surface area contributed by atoms with Crippen molar-refractivity contribution in [2.45, 2.75) is 0 Å². The minimum absolute atomic E-state index is 0.0461. The lowest BCUT2D eigenvalue weighted by molar-refractivity contribution is 0.0961. The number of amides is 2. The molecule has 2 amide bonds. The smallest absolute Gasteiger partial charge is 0.254 e. The fourth-order valence-corrected chi connectivity index (χ4v) is 3.50. The van der Waals surface area contributed by atoms with E-state index in [0.717, 1.165) is 6.07 Å². The Balaban J connectivity index is 1.56. The van der Waals surface area contributed by atoms with Crippen LogP contribution in [0.5, 0.6) is 0 Å². The van der Waals surface area contributed by atoms with Gasteiger partial charge in [0.1, 0.15) is 17.2 Å². The molecule has 0 unspecified atom stereocenters. The maximum absolute atomic E-state index is 13.8. The summed E-state index contributed by atoms with van der Waals surface area (Å²) in [5.41, 5.74) is 6.69. The SMILES string of the molecule is CNC(=O)c1cccnc1N1CCN(c2nc3c(C(N)=O)cc(F)cc3[nH]2)CC1. The van der Waals surface area contributed by atoms with Crippen molar-refractivity contribution in [3.63, 3.8) is 0 Å². The molecule has 1 aliphatic heterocycles. The van der Waals surface area contributed by atoms with Crippen molar-refractivity contribution in [2.24, 2.45) is 5.73 Å². The summed E-state index contributed by atoms with van der Waals surface area (Å²) in [7, 11) is 1.59. The van der Waals surface area contributed by atoms with E-state index in [2.05, 4.69) is 20.3 Å². The summed E-state index contributed by atoms with van der Waals surface area (Å²) in [5, 5.41) is 2.63. The van der Waals surface area contributed by atoms with E-state index >= 15 is 0 Å². The molecule has 0 bridgehead atoms. The largest absolute Gasteiger partial charge is 0.366 e. The molecule has 10 heteroatoms. The number of primary amides is 1. The first-order valence-electron chi connectivity index (χ1n) is 9.14. The van der Waals surface area contributed by atoms with Crippen LogP contribution in [-0.2, 0) is 0 Å². The molecule has 1 aromatic carbocycles. The van der Waals surface area contributed by atoms with Gasteiger partial charge in [-0.05, 0) is 24.3 Å². The maximum atomic E-state index is 13.8. The molecule has 4 N–H and O–H groups in total. The molecule has 0 radical (unpaired) electrons. The van der Waals surface area contributed by atoms with E-state index in [-0.39, 0.29) is 11.5 Å². The molecule has 1 aliphatic rings. The number of carbonyl (C=O) groups is 2. The number of benzene rings is 1. The normalized spacial score (nSPS) is 14.3. The number of aromatic nitrogens is 3. The van der Waals surface area contributed by atoms with E-state index in [1.165, 1.54) is 6.07 Å². The van der Waals surface area contributed by atoms with Crippen LogP contribution in [0.15, 0.2) is 30.5 Å². The van der Waals surface area contributed by atoms with Gasteiger partial charge in [-0.15, -0.1) is 0 Å². The second kappa shape index (κ2) is 7.38. The number of rotatable bonds is 4. The van der Waals surface area contributed by atoms with Crippen molar-refractivity contribution in [3.05, 3.63) is 47.4 Å². The molecule has 150 valence electrons. The highest BCUT2D eigenvalue weighted by atomic mass is 19.1. The van der Waals surface area contributed by atoms with E-state index < -0.39 is 11.7 Å². The fraction of sp³-hybridized carbons (Fsp3) is 0.263. The molecule has 0 atom stereocenters. The number of carbonyl (C=O) groups excluding carboxylic acids is 2. The number of nitrogens with zero attached hydrogens (tertiary/aromatic N) is 4. The Labute approximate surface area is 165 Å². The zero-order chi connectivity index (χ0) is 20.5.